The summed E-state index contributed by atoms with van der Waals surface area (Å²) in [6, 6.07) is 2.40. The van der Waals surface area contributed by atoms with Gasteiger partial charge in [0.2, 0.25) is 0 Å². The van der Waals surface area contributed by atoms with Crippen LogP contribution in [0.5, 0.6) is 0 Å². The highest BCUT2D eigenvalue weighted by Gasteiger charge is 2.18. The predicted molar refractivity (Wildman–Crippen MR) is 77.6 cm³/mol. The molecule has 1 aliphatic carbocycles. The Hall–Kier alpha value is -0.980. The Morgan fingerprint density at radius 2 is 2.26 bits per heavy atom. The van der Waals surface area contributed by atoms with Gasteiger partial charge in [0.1, 0.15) is 0 Å². The highest BCUT2D eigenvalue weighted by atomic mass is 32.1. The van der Waals surface area contributed by atoms with E-state index in [9.17, 15) is 10.1 Å². The summed E-state index contributed by atoms with van der Waals surface area (Å²) in [6.45, 7) is 2.68. The van der Waals surface area contributed by atoms with E-state index < -0.39 is 0 Å². The number of rotatable bonds is 7. The van der Waals surface area contributed by atoms with E-state index in [2.05, 4.69) is 17.3 Å². The topological polar surface area (TPSA) is 58.4 Å². The molecule has 19 heavy (non-hydrogen) atoms. The second-order valence-electron chi connectivity index (χ2n) is 5.15. The summed E-state index contributed by atoms with van der Waals surface area (Å²) in [6.07, 6.45) is 5.38. The first-order chi connectivity index (χ1) is 9.16. The van der Waals surface area contributed by atoms with Crippen molar-refractivity contribution in [3.05, 3.63) is 27.1 Å². The molecule has 6 heteroatoms. The number of nitro groups is 1. The number of likely N-dealkylation sites (N-methyl/N-ethyl adjacent to an activating group) is 1. The largest absolute Gasteiger partial charge is 0.324 e. The van der Waals surface area contributed by atoms with Crippen molar-refractivity contribution in [3.8, 4) is 0 Å². The molecule has 0 radical (unpaired) electrons. The van der Waals surface area contributed by atoms with E-state index in [0.29, 0.717) is 6.54 Å². The van der Waals surface area contributed by atoms with E-state index in [1.165, 1.54) is 37.0 Å². The lowest BCUT2D eigenvalue weighted by Gasteiger charge is -2.23. The van der Waals surface area contributed by atoms with E-state index in [4.69, 9.17) is 0 Å². The zero-order chi connectivity index (χ0) is 13.7. The van der Waals surface area contributed by atoms with Crippen LogP contribution < -0.4 is 5.32 Å². The summed E-state index contributed by atoms with van der Waals surface area (Å²) < 4.78 is 0. The molecule has 1 heterocycles. The van der Waals surface area contributed by atoms with Crippen molar-refractivity contribution in [2.24, 2.45) is 0 Å². The van der Waals surface area contributed by atoms with Gasteiger partial charge in [-0.3, -0.25) is 10.1 Å². The predicted octanol–water partition coefficient (Wildman–Crippen LogP) is 2.62. The van der Waals surface area contributed by atoms with Crippen molar-refractivity contribution < 1.29 is 4.92 Å². The van der Waals surface area contributed by atoms with E-state index in [-0.39, 0.29) is 9.92 Å². The number of hydrogen-bond donors (Lipinski definition) is 1. The molecule has 0 atom stereocenters. The second-order valence-corrected chi connectivity index (χ2v) is 6.04. The fraction of sp³-hybridized carbons (Fsp3) is 0.692. The molecule has 5 nitrogen and oxygen atoms in total. The highest BCUT2D eigenvalue weighted by Crippen LogP contribution is 2.23. The molecular formula is C13H21N3O2S. The Balaban J connectivity index is 1.64. The standard InChI is InChI=1S/C13H21N3O2S/c1-15(12-4-2-3-5-12)7-6-14-9-11-8-13(16(17)18)19-10-11/h8,10,12,14H,2-7,9H2,1H3. The first-order valence-corrected chi connectivity index (χ1v) is 7.67. The molecule has 0 aliphatic heterocycles. The molecule has 0 aromatic carbocycles. The number of nitrogens with one attached hydrogen (secondary N) is 1. The summed E-state index contributed by atoms with van der Waals surface area (Å²) in [5.41, 5.74) is 1.00. The smallest absolute Gasteiger partial charge is 0.311 e. The molecular weight excluding hydrogens is 262 g/mol. The molecule has 1 saturated carbocycles. The molecule has 0 bridgehead atoms. The Morgan fingerprint density at radius 3 is 2.89 bits per heavy atom. The number of thiophene rings is 1. The van der Waals surface area contributed by atoms with Gasteiger partial charge in [0.05, 0.1) is 4.92 Å². The molecule has 0 unspecified atom stereocenters. The average molecular weight is 283 g/mol. The molecule has 1 aliphatic rings. The summed E-state index contributed by atoms with van der Waals surface area (Å²) in [7, 11) is 2.19. The zero-order valence-electron chi connectivity index (χ0n) is 11.3. The third-order valence-electron chi connectivity index (χ3n) is 3.74. The molecule has 1 aromatic heterocycles. The molecule has 0 saturated heterocycles. The normalized spacial score (nSPS) is 16.3. The van der Waals surface area contributed by atoms with Crippen LogP contribution in [0.25, 0.3) is 0 Å². The molecule has 0 spiro atoms. The van der Waals surface area contributed by atoms with Crippen molar-refractivity contribution in [3.63, 3.8) is 0 Å². The van der Waals surface area contributed by atoms with Crippen molar-refractivity contribution in [1.29, 1.82) is 0 Å². The molecule has 1 aromatic rings. The van der Waals surface area contributed by atoms with E-state index in [1.807, 2.05) is 5.38 Å². The van der Waals surface area contributed by atoms with Gasteiger partial charge in [-0.1, -0.05) is 24.2 Å². The molecule has 0 amide bonds. The van der Waals surface area contributed by atoms with Gasteiger partial charge in [0.25, 0.3) is 0 Å². The van der Waals surface area contributed by atoms with Gasteiger partial charge < -0.3 is 10.2 Å². The van der Waals surface area contributed by atoms with Crippen molar-refractivity contribution in [1.82, 2.24) is 10.2 Å². The van der Waals surface area contributed by atoms with Crippen LogP contribution >= 0.6 is 11.3 Å². The van der Waals surface area contributed by atoms with E-state index >= 15 is 0 Å². The van der Waals surface area contributed by atoms with Crippen LogP contribution in [-0.2, 0) is 6.54 Å². The third kappa shape index (κ3) is 4.26. The quantitative estimate of drug-likeness (QED) is 0.475. The van der Waals surface area contributed by atoms with Crippen LogP contribution in [-0.4, -0.2) is 36.0 Å². The van der Waals surface area contributed by atoms with Crippen molar-refractivity contribution in [2.45, 2.75) is 38.3 Å². The summed E-state index contributed by atoms with van der Waals surface area (Å²) in [5, 5.41) is 16.0. The first-order valence-electron chi connectivity index (χ1n) is 6.79. The molecule has 106 valence electrons. The highest BCUT2D eigenvalue weighted by molar-refractivity contribution is 7.13. The SMILES string of the molecule is CN(CCNCc1csc([N+](=O)[O-])c1)C1CCCC1. The fourth-order valence-electron chi connectivity index (χ4n) is 2.57. The monoisotopic (exact) mass is 283 g/mol. The second kappa shape index (κ2) is 6.98. The van der Waals surface area contributed by atoms with Crippen molar-refractivity contribution >= 4 is 16.3 Å². The lowest BCUT2D eigenvalue weighted by molar-refractivity contribution is -0.380. The summed E-state index contributed by atoms with van der Waals surface area (Å²) in [4.78, 5) is 12.7. The van der Waals surface area contributed by atoms with Gasteiger partial charge in [-0.2, -0.15) is 0 Å². The van der Waals surface area contributed by atoms with Crippen LogP contribution in [0.3, 0.4) is 0 Å². The number of hydrogen-bond acceptors (Lipinski definition) is 5. The molecule has 1 N–H and O–H groups in total. The van der Waals surface area contributed by atoms with Gasteiger partial charge in [0.15, 0.2) is 0 Å². The lowest BCUT2D eigenvalue weighted by Crippen LogP contribution is -2.35. The van der Waals surface area contributed by atoms with Gasteiger partial charge in [-0.05, 0) is 25.5 Å². The Labute approximate surface area is 117 Å². The van der Waals surface area contributed by atoms with E-state index in [0.717, 1.165) is 24.7 Å². The minimum atomic E-state index is -0.331. The lowest BCUT2D eigenvalue weighted by atomic mass is 10.2. The first kappa shape index (κ1) is 14.4. The summed E-state index contributed by atoms with van der Waals surface area (Å²) in [5.74, 6) is 0. The van der Waals surface area contributed by atoms with Crippen molar-refractivity contribution in [2.75, 3.05) is 20.1 Å². The molecule has 2 rings (SSSR count). The minimum Gasteiger partial charge on any atom is -0.311 e. The van der Waals surface area contributed by atoms with Crippen LogP contribution in [0.2, 0.25) is 0 Å². The Bertz CT molecular complexity index is 416. The Morgan fingerprint density at radius 1 is 1.53 bits per heavy atom. The maximum absolute atomic E-state index is 10.6. The van der Waals surface area contributed by atoms with Gasteiger partial charge in [-0.25, -0.2) is 0 Å². The third-order valence-corrected chi connectivity index (χ3v) is 4.67. The maximum Gasteiger partial charge on any atom is 0.324 e. The van der Waals surface area contributed by atoms with Gasteiger partial charge in [0, 0.05) is 37.1 Å². The van der Waals surface area contributed by atoms with E-state index in [1.54, 1.807) is 6.07 Å². The summed E-state index contributed by atoms with van der Waals surface area (Å²) >= 11 is 1.19. The molecule has 1 fully saturated rings. The van der Waals surface area contributed by atoms with Crippen LogP contribution in [0.4, 0.5) is 5.00 Å². The minimum absolute atomic E-state index is 0.222. The average Bonchev–Trinajstić information content (AvgIpc) is 3.05. The van der Waals surface area contributed by atoms with Gasteiger partial charge in [-0.15, -0.1) is 0 Å². The van der Waals surface area contributed by atoms with Crippen LogP contribution in [0.15, 0.2) is 11.4 Å². The van der Waals surface area contributed by atoms with Crippen LogP contribution in [0, 0.1) is 10.1 Å². The number of nitrogens with zero attached hydrogens (tertiary/aromatic N) is 2. The Kier molecular flexibility index (Phi) is 5.30. The van der Waals surface area contributed by atoms with Crippen LogP contribution in [0.1, 0.15) is 31.2 Å². The fourth-order valence-corrected chi connectivity index (χ4v) is 3.30. The maximum atomic E-state index is 10.6. The zero-order valence-corrected chi connectivity index (χ0v) is 12.1. The van der Waals surface area contributed by atoms with Gasteiger partial charge >= 0.3 is 5.00 Å².